The van der Waals surface area contributed by atoms with Crippen LogP contribution in [0.25, 0.3) is 0 Å². The normalized spacial score (nSPS) is 14.7. The Kier molecular flexibility index (Phi) is 3.82. The summed E-state index contributed by atoms with van der Waals surface area (Å²) in [6.07, 6.45) is 3.25. The van der Waals surface area contributed by atoms with E-state index in [4.69, 9.17) is 5.73 Å². The number of nitrogens with two attached hydrogens (primary N) is 1. The SMILES string of the molecule is CC(CNc1nccc(N)n1)S(C)=O. The summed E-state index contributed by atoms with van der Waals surface area (Å²) in [7, 11) is -0.839. The van der Waals surface area contributed by atoms with Gasteiger partial charge in [0.05, 0.1) is 0 Å². The first-order valence-corrected chi connectivity index (χ1v) is 5.86. The van der Waals surface area contributed by atoms with E-state index in [0.717, 1.165) is 0 Å². The van der Waals surface area contributed by atoms with Crippen LogP contribution >= 0.6 is 0 Å². The number of nitrogen functional groups attached to an aromatic ring is 1. The molecule has 6 heteroatoms. The van der Waals surface area contributed by atoms with Crippen molar-refractivity contribution in [3.63, 3.8) is 0 Å². The highest BCUT2D eigenvalue weighted by Gasteiger charge is 2.06. The maximum absolute atomic E-state index is 11.0. The Balaban J connectivity index is 2.49. The first-order chi connectivity index (χ1) is 6.59. The molecular formula is C8H14N4OS. The highest BCUT2D eigenvalue weighted by molar-refractivity contribution is 7.84. The van der Waals surface area contributed by atoms with E-state index >= 15 is 0 Å². The monoisotopic (exact) mass is 214 g/mol. The second-order valence-corrected chi connectivity index (χ2v) is 4.80. The number of aromatic nitrogens is 2. The van der Waals surface area contributed by atoms with Crippen molar-refractivity contribution in [1.29, 1.82) is 0 Å². The molecule has 0 aliphatic carbocycles. The van der Waals surface area contributed by atoms with Gasteiger partial charge in [-0.3, -0.25) is 4.21 Å². The van der Waals surface area contributed by atoms with Gasteiger partial charge in [0, 0.05) is 35.0 Å². The number of hydrogen-bond acceptors (Lipinski definition) is 5. The lowest BCUT2D eigenvalue weighted by Gasteiger charge is -2.09. The zero-order valence-electron chi connectivity index (χ0n) is 8.23. The Hall–Kier alpha value is -1.17. The van der Waals surface area contributed by atoms with E-state index in [1.54, 1.807) is 18.5 Å². The van der Waals surface area contributed by atoms with Crippen molar-refractivity contribution >= 4 is 22.6 Å². The predicted molar refractivity (Wildman–Crippen MR) is 58.5 cm³/mol. The van der Waals surface area contributed by atoms with Crippen LogP contribution in [0.5, 0.6) is 0 Å². The van der Waals surface area contributed by atoms with Crippen LogP contribution in [-0.4, -0.2) is 32.2 Å². The summed E-state index contributed by atoms with van der Waals surface area (Å²) < 4.78 is 11.0. The van der Waals surface area contributed by atoms with Gasteiger partial charge < -0.3 is 11.1 Å². The van der Waals surface area contributed by atoms with Crippen LogP contribution in [0.15, 0.2) is 12.3 Å². The highest BCUT2D eigenvalue weighted by atomic mass is 32.2. The van der Waals surface area contributed by atoms with Crippen molar-refractivity contribution in [2.45, 2.75) is 12.2 Å². The molecule has 0 radical (unpaired) electrons. The lowest BCUT2D eigenvalue weighted by Crippen LogP contribution is -2.21. The van der Waals surface area contributed by atoms with E-state index in [-0.39, 0.29) is 5.25 Å². The van der Waals surface area contributed by atoms with Crippen molar-refractivity contribution in [2.75, 3.05) is 23.9 Å². The van der Waals surface area contributed by atoms with Gasteiger partial charge in [0.2, 0.25) is 5.95 Å². The quantitative estimate of drug-likeness (QED) is 0.750. The standard InChI is InChI=1S/C8H14N4OS/c1-6(14(2)13)5-11-8-10-4-3-7(9)12-8/h3-4,6H,5H2,1-2H3,(H3,9,10,11,12). The zero-order valence-corrected chi connectivity index (χ0v) is 9.04. The molecule has 2 unspecified atom stereocenters. The predicted octanol–water partition coefficient (Wildman–Crippen LogP) is 0.238. The van der Waals surface area contributed by atoms with E-state index in [2.05, 4.69) is 15.3 Å². The van der Waals surface area contributed by atoms with Crippen LogP contribution in [0.2, 0.25) is 0 Å². The van der Waals surface area contributed by atoms with Crippen LogP contribution in [0.4, 0.5) is 11.8 Å². The van der Waals surface area contributed by atoms with E-state index in [0.29, 0.717) is 18.3 Å². The minimum Gasteiger partial charge on any atom is -0.384 e. The Morgan fingerprint density at radius 2 is 2.43 bits per heavy atom. The molecule has 2 atom stereocenters. The Morgan fingerprint density at radius 3 is 3.00 bits per heavy atom. The number of nitrogens with zero attached hydrogens (tertiary/aromatic N) is 2. The summed E-state index contributed by atoms with van der Waals surface area (Å²) in [6, 6.07) is 1.62. The average Bonchev–Trinajstić information content (AvgIpc) is 2.14. The highest BCUT2D eigenvalue weighted by Crippen LogP contribution is 2.02. The van der Waals surface area contributed by atoms with Crippen molar-refractivity contribution < 1.29 is 4.21 Å². The van der Waals surface area contributed by atoms with E-state index in [1.165, 1.54) is 0 Å². The fraction of sp³-hybridized carbons (Fsp3) is 0.500. The van der Waals surface area contributed by atoms with Crippen LogP contribution in [-0.2, 0) is 10.8 Å². The molecule has 5 nitrogen and oxygen atoms in total. The van der Waals surface area contributed by atoms with Gasteiger partial charge in [-0.1, -0.05) is 0 Å². The van der Waals surface area contributed by atoms with Crippen molar-refractivity contribution in [1.82, 2.24) is 9.97 Å². The molecule has 0 saturated carbocycles. The van der Waals surface area contributed by atoms with Gasteiger partial charge in [-0.25, -0.2) is 4.98 Å². The molecule has 0 aliphatic heterocycles. The van der Waals surface area contributed by atoms with Crippen LogP contribution in [0, 0.1) is 0 Å². The molecule has 1 rings (SSSR count). The Labute approximate surface area is 85.6 Å². The van der Waals surface area contributed by atoms with Crippen LogP contribution < -0.4 is 11.1 Å². The molecule has 0 spiro atoms. The maximum Gasteiger partial charge on any atom is 0.224 e. The second-order valence-electron chi connectivity index (χ2n) is 3.00. The molecule has 0 aliphatic rings. The molecule has 78 valence electrons. The molecule has 14 heavy (non-hydrogen) atoms. The molecular weight excluding hydrogens is 200 g/mol. The van der Waals surface area contributed by atoms with Crippen LogP contribution in [0.1, 0.15) is 6.92 Å². The molecule has 0 bridgehead atoms. The fourth-order valence-electron chi connectivity index (χ4n) is 0.810. The van der Waals surface area contributed by atoms with E-state index in [1.807, 2.05) is 6.92 Å². The lowest BCUT2D eigenvalue weighted by molar-refractivity contribution is 0.678. The number of hydrogen-bond donors (Lipinski definition) is 2. The molecule has 0 fully saturated rings. The van der Waals surface area contributed by atoms with Gasteiger partial charge >= 0.3 is 0 Å². The smallest absolute Gasteiger partial charge is 0.224 e. The van der Waals surface area contributed by atoms with Gasteiger partial charge in [-0.2, -0.15) is 4.98 Å². The third-order valence-corrected chi connectivity index (χ3v) is 3.09. The molecule has 1 heterocycles. The van der Waals surface area contributed by atoms with Crippen LogP contribution in [0.3, 0.4) is 0 Å². The summed E-state index contributed by atoms with van der Waals surface area (Å²) >= 11 is 0. The minimum atomic E-state index is -0.839. The number of nitrogens with one attached hydrogen (secondary N) is 1. The van der Waals surface area contributed by atoms with Gasteiger partial charge in [-0.05, 0) is 13.0 Å². The summed E-state index contributed by atoms with van der Waals surface area (Å²) in [5.41, 5.74) is 5.47. The van der Waals surface area contributed by atoms with Gasteiger partial charge in [0.25, 0.3) is 0 Å². The lowest BCUT2D eigenvalue weighted by atomic mass is 10.5. The van der Waals surface area contributed by atoms with Gasteiger partial charge in [-0.15, -0.1) is 0 Å². The molecule has 0 amide bonds. The molecule has 0 aromatic carbocycles. The average molecular weight is 214 g/mol. The van der Waals surface area contributed by atoms with E-state index < -0.39 is 10.8 Å². The minimum absolute atomic E-state index is 0.0695. The Bertz CT molecular complexity index is 331. The van der Waals surface area contributed by atoms with Crippen molar-refractivity contribution in [2.24, 2.45) is 0 Å². The first kappa shape index (κ1) is 10.9. The number of anilines is 2. The largest absolute Gasteiger partial charge is 0.384 e. The van der Waals surface area contributed by atoms with Crippen molar-refractivity contribution in [3.05, 3.63) is 12.3 Å². The zero-order chi connectivity index (χ0) is 10.6. The first-order valence-electron chi connectivity index (χ1n) is 4.24. The molecule has 1 aromatic rings. The van der Waals surface area contributed by atoms with E-state index in [9.17, 15) is 4.21 Å². The second kappa shape index (κ2) is 4.90. The summed E-state index contributed by atoms with van der Waals surface area (Å²) in [4.78, 5) is 7.93. The number of rotatable bonds is 4. The Morgan fingerprint density at radius 1 is 1.71 bits per heavy atom. The summed E-state index contributed by atoms with van der Waals surface area (Å²) in [6.45, 7) is 2.47. The summed E-state index contributed by atoms with van der Waals surface area (Å²) in [5, 5.41) is 3.04. The topological polar surface area (TPSA) is 80.9 Å². The molecule has 1 aromatic heterocycles. The third kappa shape index (κ3) is 3.29. The molecule has 0 saturated heterocycles. The van der Waals surface area contributed by atoms with Crippen molar-refractivity contribution in [3.8, 4) is 0 Å². The molecule has 3 N–H and O–H groups in total. The fourth-order valence-corrected chi connectivity index (χ4v) is 1.13. The third-order valence-electron chi connectivity index (χ3n) is 1.79. The maximum atomic E-state index is 11.0. The summed E-state index contributed by atoms with van der Waals surface area (Å²) in [5.74, 6) is 0.898. The van der Waals surface area contributed by atoms with Gasteiger partial charge in [0.15, 0.2) is 0 Å². The van der Waals surface area contributed by atoms with Gasteiger partial charge in [0.1, 0.15) is 5.82 Å².